The summed E-state index contributed by atoms with van der Waals surface area (Å²) in [6, 6.07) is 4.86. The molecule has 1 aromatic rings. The fourth-order valence-corrected chi connectivity index (χ4v) is 4.19. The Kier molecular flexibility index (Phi) is 5.12. The number of benzene rings is 1. The third-order valence-corrected chi connectivity index (χ3v) is 5.69. The van der Waals surface area contributed by atoms with Crippen molar-refractivity contribution in [1.29, 1.82) is 0 Å². The van der Waals surface area contributed by atoms with Gasteiger partial charge in [-0.3, -0.25) is 0 Å². The Hall–Kier alpha value is -0.980. The first kappa shape index (κ1) is 15.4. The van der Waals surface area contributed by atoms with E-state index in [2.05, 4.69) is 5.32 Å². The van der Waals surface area contributed by atoms with Crippen LogP contribution in [-0.4, -0.2) is 39.5 Å². The maximum Gasteiger partial charge on any atom is 0.185 e. The van der Waals surface area contributed by atoms with Gasteiger partial charge >= 0.3 is 0 Å². The first-order chi connectivity index (χ1) is 9.55. The van der Waals surface area contributed by atoms with Gasteiger partial charge in [-0.1, -0.05) is 6.92 Å². The van der Waals surface area contributed by atoms with E-state index in [1.807, 2.05) is 6.92 Å². The summed E-state index contributed by atoms with van der Waals surface area (Å²) in [7, 11) is -3.51. The molecule has 6 heteroatoms. The van der Waals surface area contributed by atoms with Gasteiger partial charge in [0.25, 0.3) is 0 Å². The molecule has 0 amide bonds. The van der Waals surface area contributed by atoms with E-state index in [0.29, 0.717) is 13.0 Å². The van der Waals surface area contributed by atoms with Crippen LogP contribution < -0.4 is 5.32 Å². The van der Waals surface area contributed by atoms with Crippen molar-refractivity contribution in [2.45, 2.75) is 36.0 Å². The number of hydrogen-bond acceptors (Lipinski definition) is 4. The highest BCUT2D eigenvalue weighted by Gasteiger charge is 2.36. The van der Waals surface area contributed by atoms with Crippen LogP contribution in [0.25, 0.3) is 0 Å². The molecule has 1 fully saturated rings. The fraction of sp³-hybridized carbons (Fsp3) is 0.571. The topological polar surface area (TPSA) is 55.4 Å². The Morgan fingerprint density at radius 3 is 2.70 bits per heavy atom. The number of halogens is 1. The Bertz CT molecular complexity index is 530. The first-order valence-electron chi connectivity index (χ1n) is 6.86. The van der Waals surface area contributed by atoms with Crippen LogP contribution in [0.15, 0.2) is 29.2 Å². The SMILES string of the molecule is CCCNC1CCOCC1S(=O)(=O)c1ccc(F)cc1. The summed E-state index contributed by atoms with van der Waals surface area (Å²) >= 11 is 0. The van der Waals surface area contributed by atoms with Crippen molar-refractivity contribution in [3.8, 4) is 0 Å². The summed E-state index contributed by atoms with van der Waals surface area (Å²) in [5, 5.41) is 2.66. The van der Waals surface area contributed by atoms with Crippen LogP contribution >= 0.6 is 0 Å². The van der Waals surface area contributed by atoms with Gasteiger partial charge in [-0.15, -0.1) is 0 Å². The molecule has 2 unspecified atom stereocenters. The molecule has 0 aliphatic carbocycles. The molecule has 0 saturated carbocycles. The van der Waals surface area contributed by atoms with Gasteiger partial charge in [0.1, 0.15) is 11.1 Å². The van der Waals surface area contributed by atoms with E-state index in [-0.39, 0.29) is 17.5 Å². The normalized spacial score (nSPS) is 23.7. The summed E-state index contributed by atoms with van der Waals surface area (Å²) in [4.78, 5) is 0.151. The van der Waals surface area contributed by atoms with E-state index >= 15 is 0 Å². The second kappa shape index (κ2) is 6.65. The summed E-state index contributed by atoms with van der Waals surface area (Å²) in [5.41, 5.74) is 0. The van der Waals surface area contributed by atoms with Gasteiger partial charge in [0, 0.05) is 12.6 Å². The van der Waals surface area contributed by atoms with E-state index in [0.717, 1.165) is 13.0 Å². The average molecular weight is 301 g/mol. The molecule has 0 spiro atoms. The zero-order valence-corrected chi connectivity index (χ0v) is 12.3. The molecular formula is C14H20FNO3S. The van der Waals surface area contributed by atoms with Gasteiger partial charge in [0.15, 0.2) is 9.84 Å². The lowest BCUT2D eigenvalue weighted by molar-refractivity contribution is 0.0808. The van der Waals surface area contributed by atoms with E-state index in [4.69, 9.17) is 4.74 Å². The predicted octanol–water partition coefficient (Wildman–Crippen LogP) is 1.76. The summed E-state index contributed by atoms with van der Waals surface area (Å²) < 4.78 is 43.5. The smallest absolute Gasteiger partial charge is 0.185 e. The largest absolute Gasteiger partial charge is 0.380 e. The Labute approximate surface area is 119 Å². The van der Waals surface area contributed by atoms with E-state index < -0.39 is 20.9 Å². The molecule has 2 rings (SSSR count). The third kappa shape index (κ3) is 3.37. The molecule has 1 N–H and O–H groups in total. The molecule has 2 atom stereocenters. The zero-order valence-electron chi connectivity index (χ0n) is 11.5. The van der Waals surface area contributed by atoms with E-state index in [9.17, 15) is 12.8 Å². The minimum absolute atomic E-state index is 0.112. The average Bonchev–Trinajstić information content (AvgIpc) is 2.46. The molecule has 1 saturated heterocycles. The quantitative estimate of drug-likeness (QED) is 0.842. The van der Waals surface area contributed by atoms with Gasteiger partial charge in [-0.2, -0.15) is 0 Å². The third-order valence-electron chi connectivity index (χ3n) is 3.50. The van der Waals surface area contributed by atoms with Crippen molar-refractivity contribution >= 4 is 9.84 Å². The highest BCUT2D eigenvalue weighted by atomic mass is 32.2. The predicted molar refractivity (Wildman–Crippen MR) is 74.9 cm³/mol. The lowest BCUT2D eigenvalue weighted by Crippen LogP contribution is -2.50. The minimum Gasteiger partial charge on any atom is -0.380 e. The van der Waals surface area contributed by atoms with Crippen molar-refractivity contribution < 1.29 is 17.5 Å². The highest BCUT2D eigenvalue weighted by molar-refractivity contribution is 7.92. The second-order valence-corrected chi connectivity index (χ2v) is 7.13. The standard InChI is InChI=1S/C14H20FNO3S/c1-2-8-16-13-7-9-19-10-14(13)20(17,18)12-5-3-11(15)4-6-12/h3-6,13-14,16H,2,7-10H2,1H3. The zero-order chi connectivity index (χ0) is 14.6. The first-order valence-corrected chi connectivity index (χ1v) is 8.41. The maximum absolute atomic E-state index is 12.9. The summed E-state index contributed by atoms with van der Waals surface area (Å²) in [6.07, 6.45) is 1.62. The van der Waals surface area contributed by atoms with Gasteiger partial charge in [0.05, 0.1) is 11.5 Å². The van der Waals surface area contributed by atoms with E-state index in [1.54, 1.807) is 0 Å². The lowest BCUT2D eigenvalue weighted by Gasteiger charge is -2.32. The van der Waals surface area contributed by atoms with Crippen molar-refractivity contribution in [2.75, 3.05) is 19.8 Å². The monoisotopic (exact) mass is 301 g/mol. The van der Waals surface area contributed by atoms with Crippen LogP contribution in [-0.2, 0) is 14.6 Å². The molecular weight excluding hydrogens is 281 g/mol. The van der Waals surface area contributed by atoms with Crippen LogP contribution in [0.5, 0.6) is 0 Å². The number of rotatable bonds is 5. The Balaban J connectivity index is 2.23. The molecule has 1 aliphatic heterocycles. The van der Waals surface area contributed by atoms with Gasteiger partial charge < -0.3 is 10.1 Å². The molecule has 0 bridgehead atoms. The van der Waals surface area contributed by atoms with Gasteiger partial charge in [0.2, 0.25) is 0 Å². The lowest BCUT2D eigenvalue weighted by atomic mass is 10.1. The molecule has 1 aliphatic rings. The number of sulfone groups is 1. The van der Waals surface area contributed by atoms with Crippen molar-refractivity contribution in [1.82, 2.24) is 5.32 Å². The van der Waals surface area contributed by atoms with Crippen LogP contribution in [0.4, 0.5) is 4.39 Å². The maximum atomic E-state index is 12.9. The van der Waals surface area contributed by atoms with Crippen LogP contribution in [0.3, 0.4) is 0 Å². The molecule has 0 radical (unpaired) electrons. The summed E-state index contributed by atoms with van der Waals surface area (Å²) in [5.74, 6) is -0.440. The second-order valence-electron chi connectivity index (χ2n) is 4.96. The fourth-order valence-electron chi connectivity index (χ4n) is 2.38. The van der Waals surface area contributed by atoms with E-state index in [1.165, 1.54) is 24.3 Å². The molecule has 20 heavy (non-hydrogen) atoms. The summed E-state index contributed by atoms with van der Waals surface area (Å²) in [6.45, 7) is 3.56. The molecule has 1 heterocycles. The van der Waals surface area contributed by atoms with Crippen LogP contribution in [0, 0.1) is 5.82 Å². The molecule has 1 aromatic carbocycles. The van der Waals surface area contributed by atoms with Crippen molar-refractivity contribution in [2.24, 2.45) is 0 Å². The van der Waals surface area contributed by atoms with Gasteiger partial charge in [-0.05, 0) is 43.7 Å². The molecule has 4 nitrogen and oxygen atoms in total. The van der Waals surface area contributed by atoms with Crippen molar-refractivity contribution in [3.05, 3.63) is 30.1 Å². The highest BCUT2D eigenvalue weighted by Crippen LogP contribution is 2.23. The Morgan fingerprint density at radius 1 is 1.35 bits per heavy atom. The molecule has 0 aromatic heterocycles. The minimum atomic E-state index is -3.51. The Morgan fingerprint density at radius 2 is 2.05 bits per heavy atom. The number of nitrogens with one attached hydrogen (secondary N) is 1. The molecule has 112 valence electrons. The van der Waals surface area contributed by atoms with Crippen molar-refractivity contribution in [3.63, 3.8) is 0 Å². The van der Waals surface area contributed by atoms with Crippen LogP contribution in [0.1, 0.15) is 19.8 Å². The van der Waals surface area contributed by atoms with Crippen LogP contribution in [0.2, 0.25) is 0 Å². The number of hydrogen-bond donors (Lipinski definition) is 1. The van der Waals surface area contributed by atoms with Gasteiger partial charge in [-0.25, -0.2) is 12.8 Å². The number of ether oxygens (including phenoxy) is 1.